The highest BCUT2D eigenvalue weighted by Crippen LogP contribution is 2.08. The van der Waals surface area contributed by atoms with Crippen molar-refractivity contribution in [1.29, 1.82) is 0 Å². The first-order valence-corrected chi connectivity index (χ1v) is 9.87. The Labute approximate surface area is 189 Å². The Balaban J connectivity index is 0.000000383. The van der Waals surface area contributed by atoms with Gasteiger partial charge in [0.15, 0.2) is 0 Å². The van der Waals surface area contributed by atoms with Crippen molar-refractivity contribution in [2.45, 2.75) is 25.7 Å². The normalized spacial score (nSPS) is 9.70. The molecule has 176 valence electrons. The molecule has 2 aromatic carbocycles. The molecule has 0 fully saturated rings. The number of aromatic carboxylic acids is 2. The van der Waals surface area contributed by atoms with Gasteiger partial charge < -0.3 is 24.8 Å². The van der Waals surface area contributed by atoms with E-state index in [4.69, 9.17) is 24.8 Å². The first kappa shape index (κ1) is 26.8. The zero-order valence-electron chi connectivity index (χ0n) is 17.6. The Bertz CT molecular complexity index is 920. The number of aliphatic carboxylic acids is 1. The summed E-state index contributed by atoms with van der Waals surface area (Å²) in [6, 6.07) is 14.0. The van der Waals surface area contributed by atoms with Crippen LogP contribution in [-0.4, -0.2) is 58.4 Å². The van der Waals surface area contributed by atoms with E-state index < -0.39 is 29.8 Å². The first-order chi connectivity index (χ1) is 15.7. The van der Waals surface area contributed by atoms with E-state index in [-0.39, 0.29) is 37.2 Å². The Morgan fingerprint density at radius 2 is 1.12 bits per heavy atom. The highest BCUT2D eigenvalue weighted by molar-refractivity contribution is 6.01. The van der Waals surface area contributed by atoms with Gasteiger partial charge in [-0.3, -0.25) is 9.59 Å². The summed E-state index contributed by atoms with van der Waals surface area (Å²) < 4.78 is 9.81. The van der Waals surface area contributed by atoms with E-state index in [1.165, 1.54) is 24.3 Å². The predicted molar refractivity (Wildman–Crippen MR) is 114 cm³/mol. The molecule has 3 N–H and O–H groups in total. The number of carbonyl (C=O) groups excluding carboxylic acids is 2. The molecule has 10 nitrogen and oxygen atoms in total. The number of rotatable bonds is 11. The van der Waals surface area contributed by atoms with Gasteiger partial charge in [-0.1, -0.05) is 30.3 Å². The molecule has 0 aliphatic rings. The van der Waals surface area contributed by atoms with Crippen molar-refractivity contribution >= 4 is 29.8 Å². The SMILES string of the molecule is O=C(O)CCCCC(=O)OCCOC(=O)c1ccccc1.O=C(O)c1ccccc1C(=O)O. The number of esters is 2. The van der Waals surface area contributed by atoms with E-state index in [0.717, 1.165) is 0 Å². The number of carbonyl (C=O) groups is 5. The van der Waals surface area contributed by atoms with Crippen molar-refractivity contribution in [3.63, 3.8) is 0 Å². The van der Waals surface area contributed by atoms with Crippen LogP contribution >= 0.6 is 0 Å². The maximum atomic E-state index is 11.5. The van der Waals surface area contributed by atoms with Gasteiger partial charge in [0.1, 0.15) is 13.2 Å². The van der Waals surface area contributed by atoms with Gasteiger partial charge in [-0.05, 0) is 37.1 Å². The average Bonchev–Trinajstić information content (AvgIpc) is 2.80. The van der Waals surface area contributed by atoms with Crippen LogP contribution in [0.5, 0.6) is 0 Å². The molecular weight excluding hydrogens is 436 g/mol. The fourth-order valence-corrected chi connectivity index (χ4v) is 2.42. The lowest BCUT2D eigenvalue weighted by molar-refractivity contribution is -0.145. The minimum absolute atomic E-state index is 0.00363. The standard InChI is InChI=1S/C15H18O6.C8H6O4/c16-13(17)8-4-5-9-14(18)20-10-11-21-15(19)12-6-2-1-3-7-12;9-7(10)5-3-1-2-4-6(5)8(11)12/h1-3,6-7H,4-5,8-11H2,(H,16,17);1-4H,(H,9,10)(H,11,12). The fourth-order valence-electron chi connectivity index (χ4n) is 2.42. The molecule has 33 heavy (non-hydrogen) atoms. The molecule has 0 atom stereocenters. The lowest BCUT2D eigenvalue weighted by Crippen LogP contribution is -2.14. The maximum absolute atomic E-state index is 11.5. The zero-order valence-corrected chi connectivity index (χ0v) is 17.6. The summed E-state index contributed by atoms with van der Waals surface area (Å²) in [4.78, 5) is 54.0. The molecule has 0 bridgehead atoms. The summed E-state index contributed by atoms with van der Waals surface area (Å²) in [6.45, 7) is -0.00900. The van der Waals surface area contributed by atoms with E-state index in [0.29, 0.717) is 18.4 Å². The predicted octanol–water partition coefficient (Wildman–Crippen LogP) is 3.11. The third-order valence-corrected chi connectivity index (χ3v) is 4.00. The summed E-state index contributed by atoms with van der Waals surface area (Å²) in [5, 5.41) is 25.5. The number of hydrogen-bond acceptors (Lipinski definition) is 7. The molecule has 2 aromatic rings. The van der Waals surface area contributed by atoms with E-state index in [1.807, 2.05) is 0 Å². The van der Waals surface area contributed by atoms with Gasteiger partial charge in [0.2, 0.25) is 0 Å². The third-order valence-electron chi connectivity index (χ3n) is 4.00. The van der Waals surface area contributed by atoms with Crippen LogP contribution in [-0.2, 0) is 19.1 Å². The number of benzene rings is 2. The summed E-state index contributed by atoms with van der Waals surface area (Å²) in [6.07, 6.45) is 1.12. The minimum atomic E-state index is -1.23. The second-order valence-corrected chi connectivity index (χ2v) is 6.48. The van der Waals surface area contributed by atoms with Gasteiger partial charge >= 0.3 is 29.8 Å². The maximum Gasteiger partial charge on any atom is 0.338 e. The highest BCUT2D eigenvalue weighted by atomic mass is 16.6. The van der Waals surface area contributed by atoms with Gasteiger partial charge in [0, 0.05) is 12.8 Å². The molecule has 10 heteroatoms. The van der Waals surface area contributed by atoms with Crippen molar-refractivity contribution in [3.8, 4) is 0 Å². The number of hydrogen-bond donors (Lipinski definition) is 3. The van der Waals surface area contributed by atoms with Crippen LogP contribution in [0, 0.1) is 0 Å². The molecule has 0 radical (unpaired) electrons. The van der Waals surface area contributed by atoms with Crippen molar-refractivity contribution in [2.75, 3.05) is 13.2 Å². The molecule has 0 amide bonds. The molecule has 0 aliphatic heterocycles. The Morgan fingerprint density at radius 3 is 1.64 bits per heavy atom. The molecule has 0 spiro atoms. The molecule has 2 rings (SSSR count). The lowest BCUT2D eigenvalue weighted by Gasteiger charge is -2.06. The summed E-state index contributed by atoms with van der Waals surface area (Å²) in [5.74, 6) is -4.22. The quantitative estimate of drug-likeness (QED) is 0.335. The van der Waals surface area contributed by atoms with Crippen molar-refractivity contribution in [3.05, 3.63) is 71.3 Å². The van der Waals surface area contributed by atoms with Crippen LogP contribution in [0.2, 0.25) is 0 Å². The molecule has 0 aromatic heterocycles. The molecule has 0 saturated carbocycles. The van der Waals surface area contributed by atoms with Crippen LogP contribution in [0.15, 0.2) is 54.6 Å². The van der Waals surface area contributed by atoms with Crippen molar-refractivity contribution in [2.24, 2.45) is 0 Å². The van der Waals surface area contributed by atoms with E-state index in [1.54, 1.807) is 30.3 Å². The Kier molecular flexibility index (Phi) is 12.0. The Morgan fingerprint density at radius 1 is 0.636 bits per heavy atom. The van der Waals surface area contributed by atoms with Crippen LogP contribution in [0.1, 0.15) is 56.8 Å². The van der Waals surface area contributed by atoms with Crippen LogP contribution < -0.4 is 0 Å². The summed E-state index contributed by atoms with van der Waals surface area (Å²) in [7, 11) is 0. The van der Waals surface area contributed by atoms with Crippen molar-refractivity contribution in [1.82, 2.24) is 0 Å². The second-order valence-electron chi connectivity index (χ2n) is 6.48. The monoisotopic (exact) mass is 460 g/mol. The van der Waals surface area contributed by atoms with Crippen LogP contribution in [0.4, 0.5) is 0 Å². The van der Waals surface area contributed by atoms with Gasteiger partial charge in [0.05, 0.1) is 16.7 Å². The second kappa shape index (κ2) is 14.7. The van der Waals surface area contributed by atoms with E-state index in [9.17, 15) is 24.0 Å². The van der Waals surface area contributed by atoms with Crippen molar-refractivity contribution < 1.29 is 48.8 Å². The van der Waals surface area contributed by atoms with Gasteiger partial charge in [0.25, 0.3) is 0 Å². The van der Waals surface area contributed by atoms with Gasteiger partial charge in [-0.25, -0.2) is 14.4 Å². The highest BCUT2D eigenvalue weighted by Gasteiger charge is 2.13. The van der Waals surface area contributed by atoms with E-state index >= 15 is 0 Å². The van der Waals surface area contributed by atoms with Gasteiger partial charge in [-0.2, -0.15) is 0 Å². The molecular formula is C23H24O10. The largest absolute Gasteiger partial charge is 0.481 e. The van der Waals surface area contributed by atoms with Crippen LogP contribution in [0.3, 0.4) is 0 Å². The number of carboxylic acids is 3. The fraction of sp³-hybridized carbons (Fsp3) is 0.261. The average molecular weight is 460 g/mol. The smallest absolute Gasteiger partial charge is 0.338 e. The first-order valence-electron chi connectivity index (χ1n) is 9.87. The Hall–Kier alpha value is -4.21. The topological polar surface area (TPSA) is 164 Å². The molecule has 0 heterocycles. The summed E-state index contributed by atoms with van der Waals surface area (Å²) >= 11 is 0. The number of ether oxygens (including phenoxy) is 2. The molecule has 0 unspecified atom stereocenters. The lowest BCUT2D eigenvalue weighted by atomic mass is 10.1. The number of unbranched alkanes of at least 4 members (excludes halogenated alkanes) is 1. The van der Waals surface area contributed by atoms with Gasteiger partial charge in [-0.15, -0.1) is 0 Å². The molecule has 0 aliphatic carbocycles. The van der Waals surface area contributed by atoms with E-state index in [2.05, 4.69) is 0 Å². The van der Waals surface area contributed by atoms with Crippen LogP contribution in [0.25, 0.3) is 0 Å². The third kappa shape index (κ3) is 11.1. The number of carboxylic acid groups (broad SMARTS) is 3. The summed E-state index contributed by atoms with van der Waals surface area (Å²) in [5.41, 5.74) is 0.0625. The molecule has 0 saturated heterocycles. The zero-order chi connectivity index (χ0) is 24.6. The minimum Gasteiger partial charge on any atom is -0.481 e.